The highest BCUT2D eigenvalue weighted by Crippen LogP contribution is 2.21. The first-order valence-corrected chi connectivity index (χ1v) is 9.67. The zero-order chi connectivity index (χ0) is 21.2. The lowest BCUT2D eigenvalue weighted by Gasteiger charge is -2.13. The minimum Gasteiger partial charge on any atom is -0.465 e. The van der Waals surface area contributed by atoms with Crippen LogP contribution in [0.25, 0.3) is 0 Å². The molecule has 2 aromatic carbocycles. The number of halogens is 3. The Morgan fingerprint density at radius 2 is 1.90 bits per heavy atom. The summed E-state index contributed by atoms with van der Waals surface area (Å²) in [6.07, 6.45) is 1.29. The Hall–Kier alpha value is -2.44. The molecule has 2 aromatic rings. The number of oxime groups is 1. The molecular formula is C21H20Cl2FNO4. The van der Waals surface area contributed by atoms with Crippen LogP contribution in [-0.4, -0.2) is 24.6 Å². The SMILES string of the molecule is CCOC(=O)C(Cc1ccc(F)cc1)C(=O)CC=NOCc1ccc(Cl)cc1Cl. The number of benzene rings is 2. The van der Waals surface area contributed by atoms with E-state index in [0.717, 1.165) is 0 Å². The van der Waals surface area contributed by atoms with E-state index in [9.17, 15) is 14.0 Å². The number of esters is 1. The zero-order valence-electron chi connectivity index (χ0n) is 15.7. The maximum atomic E-state index is 13.1. The molecule has 8 heteroatoms. The maximum absolute atomic E-state index is 13.1. The summed E-state index contributed by atoms with van der Waals surface area (Å²) in [5.74, 6) is -2.39. The van der Waals surface area contributed by atoms with Gasteiger partial charge in [-0.3, -0.25) is 9.59 Å². The van der Waals surface area contributed by atoms with Crippen molar-refractivity contribution in [1.82, 2.24) is 0 Å². The predicted octanol–water partition coefficient (Wildman–Crippen LogP) is 5.02. The van der Waals surface area contributed by atoms with Crippen LogP contribution in [-0.2, 0) is 32.2 Å². The monoisotopic (exact) mass is 439 g/mol. The normalized spacial score (nSPS) is 12.0. The minimum absolute atomic E-state index is 0.109. The van der Waals surface area contributed by atoms with E-state index < -0.39 is 17.7 Å². The fraction of sp³-hybridized carbons (Fsp3) is 0.286. The molecule has 0 spiro atoms. The Morgan fingerprint density at radius 3 is 2.55 bits per heavy atom. The zero-order valence-corrected chi connectivity index (χ0v) is 17.3. The van der Waals surface area contributed by atoms with Gasteiger partial charge in [0.25, 0.3) is 0 Å². The van der Waals surface area contributed by atoms with Crippen LogP contribution in [0.2, 0.25) is 10.0 Å². The molecule has 1 unspecified atom stereocenters. The van der Waals surface area contributed by atoms with Gasteiger partial charge in [0.05, 0.1) is 12.8 Å². The van der Waals surface area contributed by atoms with Crippen LogP contribution in [0.4, 0.5) is 4.39 Å². The Kier molecular flexibility index (Phi) is 9.09. The van der Waals surface area contributed by atoms with E-state index in [2.05, 4.69) is 5.16 Å². The standard InChI is InChI=1S/C21H20Cl2FNO4/c1-2-28-21(27)18(11-14-3-7-17(24)8-4-14)20(26)9-10-25-29-13-15-5-6-16(22)12-19(15)23/h3-8,10,12,18H,2,9,11,13H2,1H3. The topological polar surface area (TPSA) is 65.0 Å². The van der Waals surface area contributed by atoms with Gasteiger partial charge in [-0.15, -0.1) is 0 Å². The lowest BCUT2D eigenvalue weighted by atomic mass is 9.94. The second kappa shape index (κ2) is 11.5. The first-order valence-electron chi connectivity index (χ1n) is 8.92. The van der Waals surface area contributed by atoms with Crippen molar-refractivity contribution < 1.29 is 23.6 Å². The molecule has 0 aliphatic heterocycles. The number of hydrogen-bond acceptors (Lipinski definition) is 5. The quantitative estimate of drug-likeness (QED) is 0.225. The largest absolute Gasteiger partial charge is 0.465 e. The molecule has 29 heavy (non-hydrogen) atoms. The van der Waals surface area contributed by atoms with Crippen LogP contribution in [0.5, 0.6) is 0 Å². The van der Waals surface area contributed by atoms with Crippen molar-refractivity contribution >= 4 is 41.2 Å². The predicted molar refractivity (Wildman–Crippen MR) is 110 cm³/mol. The molecule has 0 amide bonds. The van der Waals surface area contributed by atoms with Crippen LogP contribution in [0.3, 0.4) is 0 Å². The number of hydrogen-bond donors (Lipinski definition) is 0. The summed E-state index contributed by atoms with van der Waals surface area (Å²) >= 11 is 11.9. The number of ether oxygens (including phenoxy) is 1. The minimum atomic E-state index is -1.00. The summed E-state index contributed by atoms with van der Waals surface area (Å²) in [7, 11) is 0. The molecule has 0 aliphatic carbocycles. The number of nitrogens with zero attached hydrogens (tertiary/aromatic N) is 1. The molecule has 0 saturated heterocycles. The molecule has 5 nitrogen and oxygen atoms in total. The van der Waals surface area contributed by atoms with Crippen molar-refractivity contribution in [3.05, 3.63) is 69.5 Å². The smallest absolute Gasteiger partial charge is 0.316 e. The van der Waals surface area contributed by atoms with Crippen LogP contribution in [0, 0.1) is 11.7 Å². The Balaban J connectivity index is 1.93. The molecule has 0 fully saturated rings. The van der Waals surface area contributed by atoms with Crippen LogP contribution in [0.15, 0.2) is 47.6 Å². The second-order valence-electron chi connectivity index (χ2n) is 6.10. The lowest BCUT2D eigenvalue weighted by molar-refractivity contribution is -0.151. The Morgan fingerprint density at radius 1 is 1.17 bits per heavy atom. The van der Waals surface area contributed by atoms with Crippen molar-refractivity contribution in [3.63, 3.8) is 0 Å². The van der Waals surface area contributed by atoms with Gasteiger partial charge in [0, 0.05) is 22.0 Å². The third-order valence-electron chi connectivity index (χ3n) is 3.99. The third-order valence-corrected chi connectivity index (χ3v) is 4.58. The highest BCUT2D eigenvalue weighted by molar-refractivity contribution is 6.35. The van der Waals surface area contributed by atoms with Gasteiger partial charge in [0.15, 0.2) is 5.78 Å². The van der Waals surface area contributed by atoms with Crippen molar-refractivity contribution in [2.45, 2.75) is 26.4 Å². The average molecular weight is 440 g/mol. The highest BCUT2D eigenvalue weighted by atomic mass is 35.5. The fourth-order valence-corrected chi connectivity index (χ4v) is 2.96. The van der Waals surface area contributed by atoms with E-state index in [1.165, 1.54) is 30.5 Å². The van der Waals surface area contributed by atoms with E-state index in [0.29, 0.717) is 21.2 Å². The molecule has 0 aliphatic rings. The van der Waals surface area contributed by atoms with Gasteiger partial charge in [0.2, 0.25) is 0 Å². The Labute approximate surface area is 178 Å². The van der Waals surface area contributed by atoms with Crippen molar-refractivity contribution in [2.24, 2.45) is 11.1 Å². The number of carbonyl (C=O) groups is 2. The molecular weight excluding hydrogens is 420 g/mol. The molecule has 1 atom stereocenters. The van der Waals surface area contributed by atoms with E-state index in [1.54, 1.807) is 25.1 Å². The lowest BCUT2D eigenvalue weighted by Crippen LogP contribution is -2.28. The summed E-state index contributed by atoms with van der Waals surface area (Å²) in [6.45, 7) is 1.93. The van der Waals surface area contributed by atoms with Gasteiger partial charge in [-0.25, -0.2) is 4.39 Å². The van der Waals surface area contributed by atoms with E-state index >= 15 is 0 Å². The molecule has 0 bridgehead atoms. The number of carbonyl (C=O) groups excluding carboxylic acids is 2. The molecule has 0 aromatic heterocycles. The second-order valence-corrected chi connectivity index (χ2v) is 6.95. The molecule has 0 N–H and O–H groups in total. The molecule has 0 saturated carbocycles. The van der Waals surface area contributed by atoms with Gasteiger partial charge in [0.1, 0.15) is 18.3 Å². The summed E-state index contributed by atoms with van der Waals surface area (Å²) in [6, 6.07) is 10.6. The van der Waals surface area contributed by atoms with E-state index in [4.69, 9.17) is 32.8 Å². The highest BCUT2D eigenvalue weighted by Gasteiger charge is 2.27. The van der Waals surface area contributed by atoms with Crippen LogP contribution in [0.1, 0.15) is 24.5 Å². The number of ketones is 1. The first-order chi connectivity index (χ1) is 13.9. The Bertz CT molecular complexity index is 871. The summed E-state index contributed by atoms with van der Waals surface area (Å²) < 4.78 is 18.1. The van der Waals surface area contributed by atoms with Gasteiger partial charge in [-0.2, -0.15) is 0 Å². The maximum Gasteiger partial charge on any atom is 0.316 e. The van der Waals surface area contributed by atoms with Gasteiger partial charge < -0.3 is 9.57 Å². The van der Waals surface area contributed by atoms with Crippen LogP contribution < -0.4 is 0 Å². The van der Waals surface area contributed by atoms with E-state index in [1.807, 2.05) is 0 Å². The number of rotatable bonds is 10. The van der Waals surface area contributed by atoms with Gasteiger partial charge >= 0.3 is 5.97 Å². The van der Waals surface area contributed by atoms with Gasteiger partial charge in [-0.1, -0.05) is 46.6 Å². The van der Waals surface area contributed by atoms with Crippen molar-refractivity contribution in [3.8, 4) is 0 Å². The van der Waals surface area contributed by atoms with Crippen molar-refractivity contribution in [2.75, 3.05) is 6.61 Å². The summed E-state index contributed by atoms with van der Waals surface area (Å²) in [4.78, 5) is 29.8. The third kappa shape index (κ3) is 7.48. The molecule has 154 valence electrons. The molecule has 0 heterocycles. The van der Waals surface area contributed by atoms with E-state index in [-0.39, 0.29) is 31.8 Å². The van der Waals surface area contributed by atoms with Gasteiger partial charge in [-0.05, 0) is 43.2 Å². The summed E-state index contributed by atoms with van der Waals surface area (Å²) in [5, 5.41) is 4.70. The fourth-order valence-electron chi connectivity index (χ4n) is 2.50. The average Bonchev–Trinajstić information content (AvgIpc) is 2.68. The number of Topliss-reactive ketones (excluding diaryl/α,β-unsaturated/α-hetero) is 1. The summed E-state index contributed by atoms with van der Waals surface area (Å²) in [5.41, 5.74) is 1.35. The molecule has 2 rings (SSSR count). The van der Waals surface area contributed by atoms with Crippen LogP contribution >= 0.6 is 23.2 Å². The molecule has 0 radical (unpaired) electrons. The van der Waals surface area contributed by atoms with Crippen molar-refractivity contribution in [1.29, 1.82) is 0 Å². The first kappa shape index (κ1) is 22.8.